The zero-order chi connectivity index (χ0) is 29.5. The second-order valence-electron chi connectivity index (χ2n) is 10.1. The second-order valence-corrected chi connectivity index (χ2v) is 10.1. The van der Waals surface area contributed by atoms with E-state index in [0.717, 1.165) is 12.1 Å². The van der Waals surface area contributed by atoms with E-state index in [-0.39, 0.29) is 29.4 Å². The third-order valence-electron chi connectivity index (χ3n) is 7.28. The van der Waals surface area contributed by atoms with E-state index in [2.05, 4.69) is 24.8 Å². The molecule has 1 heterocycles. The molecule has 3 N–H and O–H groups in total. The topological polar surface area (TPSA) is 125 Å². The second kappa shape index (κ2) is 10.4. The van der Waals surface area contributed by atoms with Gasteiger partial charge in [0.25, 0.3) is 11.8 Å². The molecule has 0 radical (unpaired) electrons. The lowest BCUT2D eigenvalue weighted by atomic mass is 9.60. The highest BCUT2D eigenvalue weighted by molar-refractivity contribution is 5.79. The number of amides is 2. The van der Waals surface area contributed by atoms with Crippen molar-refractivity contribution in [1.82, 2.24) is 10.6 Å². The zero-order valence-electron chi connectivity index (χ0n) is 21.3. The Morgan fingerprint density at radius 1 is 0.854 bits per heavy atom. The molecule has 3 aliphatic carbocycles. The first-order chi connectivity index (χ1) is 19.2. The van der Waals surface area contributed by atoms with Gasteiger partial charge in [0.2, 0.25) is 0 Å². The van der Waals surface area contributed by atoms with Gasteiger partial charge in [-0.3, -0.25) is 9.59 Å². The van der Waals surface area contributed by atoms with Crippen LogP contribution in [0.4, 0.5) is 22.0 Å². The summed E-state index contributed by atoms with van der Waals surface area (Å²) in [5.74, 6) is -1.51. The molecule has 10 nitrogen and oxygen atoms in total. The Kier molecular flexibility index (Phi) is 7.26. The summed E-state index contributed by atoms with van der Waals surface area (Å²) in [7, 11) is 0. The number of hydrogen-bond donors (Lipinski definition) is 3. The van der Waals surface area contributed by atoms with Crippen LogP contribution in [0.25, 0.3) is 0 Å². The Hall–Kier alpha value is -4.01. The normalized spacial score (nSPS) is 25.8. The molecule has 1 aliphatic heterocycles. The Bertz CT molecular complexity index is 1300. The van der Waals surface area contributed by atoms with Crippen LogP contribution >= 0.6 is 0 Å². The third-order valence-corrected chi connectivity index (χ3v) is 7.28. The summed E-state index contributed by atoms with van der Waals surface area (Å²) in [5, 5.41) is 16.6. The predicted molar refractivity (Wildman–Crippen MR) is 128 cm³/mol. The van der Waals surface area contributed by atoms with Crippen LogP contribution in [0, 0.1) is 0 Å². The largest absolute Gasteiger partial charge is 0.586 e. The molecule has 4 aliphatic rings. The van der Waals surface area contributed by atoms with Crippen molar-refractivity contribution in [3.63, 3.8) is 0 Å². The van der Waals surface area contributed by atoms with Crippen molar-refractivity contribution in [2.75, 3.05) is 13.2 Å². The van der Waals surface area contributed by atoms with Crippen molar-refractivity contribution in [2.45, 2.75) is 61.9 Å². The summed E-state index contributed by atoms with van der Waals surface area (Å²) in [6, 6.07) is 8.36. The number of hydrogen-bond acceptors (Lipinski definition) is 8. The van der Waals surface area contributed by atoms with E-state index in [1.165, 1.54) is 30.3 Å². The van der Waals surface area contributed by atoms with Crippen LogP contribution < -0.4 is 34.3 Å². The van der Waals surface area contributed by atoms with Gasteiger partial charge in [0.05, 0.1) is 11.6 Å². The fourth-order valence-corrected chi connectivity index (χ4v) is 5.36. The fourth-order valence-electron chi connectivity index (χ4n) is 5.36. The number of rotatable bonds is 9. The van der Waals surface area contributed by atoms with E-state index < -0.39 is 60.6 Å². The van der Waals surface area contributed by atoms with Gasteiger partial charge in [0.15, 0.2) is 24.7 Å². The molecule has 222 valence electrons. The van der Waals surface area contributed by atoms with Gasteiger partial charge in [0.1, 0.15) is 17.2 Å². The molecule has 3 fully saturated rings. The van der Waals surface area contributed by atoms with E-state index in [1.807, 2.05) is 0 Å². The summed E-state index contributed by atoms with van der Waals surface area (Å²) in [6.07, 6.45) is -7.69. The maximum absolute atomic E-state index is 13.2. The minimum Gasteiger partial charge on any atom is -0.484 e. The van der Waals surface area contributed by atoms with Crippen LogP contribution in [0.5, 0.6) is 28.7 Å². The molecular formula is C26H25F5N2O8. The molecule has 2 amide bonds. The number of fused-ring (bicyclic) bond motifs is 4. The van der Waals surface area contributed by atoms with Crippen LogP contribution in [-0.4, -0.2) is 60.0 Å². The smallest absolute Gasteiger partial charge is 0.484 e. The molecule has 0 saturated heterocycles. The van der Waals surface area contributed by atoms with Crippen LogP contribution in [0.15, 0.2) is 42.5 Å². The van der Waals surface area contributed by atoms with Crippen LogP contribution in [0.3, 0.4) is 0 Å². The van der Waals surface area contributed by atoms with Crippen molar-refractivity contribution in [3.8, 4) is 28.7 Å². The summed E-state index contributed by atoms with van der Waals surface area (Å²) in [5.41, 5.74) is -1.62. The van der Waals surface area contributed by atoms with Crippen molar-refractivity contribution in [1.29, 1.82) is 0 Å². The van der Waals surface area contributed by atoms with E-state index in [1.54, 1.807) is 0 Å². The van der Waals surface area contributed by atoms with Crippen LogP contribution in [-0.2, 0) is 9.59 Å². The van der Waals surface area contributed by atoms with Gasteiger partial charge in [0, 0.05) is 11.6 Å². The highest BCUT2D eigenvalue weighted by atomic mass is 19.4. The van der Waals surface area contributed by atoms with Crippen molar-refractivity contribution < 1.29 is 60.3 Å². The Labute approximate surface area is 229 Å². The van der Waals surface area contributed by atoms with Crippen molar-refractivity contribution >= 4 is 11.8 Å². The Morgan fingerprint density at radius 2 is 1.41 bits per heavy atom. The number of aliphatic hydroxyl groups excluding tert-OH is 1. The first-order valence-corrected chi connectivity index (χ1v) is 12.6. The molecule has 3 saturated carbocycles. The zero-order valence-corrected chi connectivity index (χ0v) is 21.3. The number of carbonyl (C=O) groups is 2. The number of aliphatic hydroxyl groups is 1. The summed E-state index contributed by atoms with van der Waals surface area (Å²) >= 11 is 0. The molecule has 0 unspecified atom stereocenters. The summed E-state index contributed by atoms with van der Waals surface area (Å²) in [4.78, 5) is 25.2. The minimum atomic E-state index is -4.82. The lowest BCUT2D eigenvalue weighted by Crippen LogP contribution is -2.70. The maximum Gasteiger partial charge on any atom is 0.586 e. The Morgan fingerprint density at radius 3 is 2.05 bits per heavy atom. The monoisotopic (exact) mass is 588 g/mol. The fraction of sp³-hybridized carbons (Fsp3) is 0.462. The first kappa shape index (κ1) is 28.5. The average Bonchev–Trinajstić information content (AvgIpc) is 3.20. The number of halogens is 5. The summed E-state index contributed by atoms with van der Waals surface area (Å²) < 4.78 is 86.5. The van der Waals surface area contributed by atoms with Gasteiger partial charge >= 0.3 is 12.7 Å². The molecule has 2 bridgehead atoms. The summed E-state index contributed by atoms with van der Waals surface area (Å²) in [6.45, 7) is -0.832. The van der Waals surface area contributed by atoms with Gasteiger partial charge in [-0.1, -0.05) is 0 Å². The number of carbonyl (C=O) groups excluding carboxylic acids is 2. The molecule has 15 heteroatoms. The molecule has 0 aromatic heterocycles. The van der Waals surface area contributed by atoms with E-state index >= 15 is 0 Å². The molecule has 6 rings (SSSR count). The predicted octanol–water partition coefficient (Wildman–Crippen LogP) is 3.41. The van der Waals surface area contributed by atoms with Gasteiger partial charge in [-0.05, 0) is 68.5 Å². The number of nitrogens with one attached hydrogen (secondary N) is 2. The van der Waals surface area contributed by atoms with E-state index in [0.29, 0.717) is 25.7 Å². The number of benzene rings is 2. The molecule has 0 spiro atoms. The highest BCUT2D eigenvalue weighted by Gasteiger charge is 2.55. The lowest BCUT2D eigenvalue weighted by molar-refractivity contribution is -0.286. The first-order valence-electron chi connectivity index (χ1n) is 12.6. The molecule has 2 aromatic rings. The highest BCUT2D eigenvalue weighted by Crippen LogP contribution is 2.47. The van der Waals surface area contributed by atoms with Gasteiger partial charge in [-0.15, -0.1) is 22.0 Å². The molecular weight excluding hydrogens is 563 g/mol. The van der Waals surface area contributed by atoms with Gasteiger partial charge < -0.3 is 39.4 Å². The van der Waals surface area contributed by atoms with Crippen LogP contribution in [0.2, 0.25) is 0 Å². The quantitative estimate of drug-likeness (QED) is 0.381. The van der Waals surface area contributed by atoms with Gasteiger partial charge in [-0.2, -0.15) is 0 Å². The average molecular weight is 588 g/mol. The Balaban J connectivity index is 1.08. The standard InChI is InChI=1S/C26H25F5N2O8/c27-25(28,29)39-16-3-1-15(2-4-16)37-14-22(36)33-24-9-7-23(8-10-24,12-20(24)34)32-21(35)13-38-17-5-6-18-19(11-17)41-26(30,31)40-18/h1-6,11,20,34H,7-10,12-14H2,(H,32,35)(H,33,36)/t20-,23?,24?/m0/s1. The van der Waals surface area contributed by atoms with Crippen molar-refractivity contribution in [3.05, 3.63) is 42.5 Å². The lowest BCUT2D eigenvalue weighted by Gasteiger charge is -2.56. The molecule has 1 atom stereocenters. The SMILES string of the molecule is O=C(COc1ccc2c(c1)OC(F)(F)O2)NC12CCC(NC(=O)COc3ccc(OC(F)(F)F)cc3)(CC1)[C@@H](O)C2. The van der Waals surface area contributed by atoms with Crippen molar-refractivity contribution in [2.24, 2.45) is 0 Å². The van der Waals surface area contributed by atoms with E-state index in [4.69, 9.17) is 9.47 Å². The molecule has 41 heavy (non-hydrogen) atoms. The maximum atomic E-state index is 13.2. The molecule has 2 aromatic carbocycles. The van der Waals surface area contributed by atoms with Crippen LogP contribution in [0.1, 0.15) is 32.1 Å². The van der Waals surface area contributed by atoms with Gasteiger partial charge in [-0.25, -0.2) is 0 Å². The number of alkyl halides is 5. The number of ether oxygens (including phenoxy) is 5. The third kappa shape index (κ3) is 6.66. The van der Waals surface area contributed by atoms with E-state index in [9.17, 15) is 36.6 Å². The minimum absolute atomic E-state index is 0.125.